The molecule has 4 aliphatic rings. The van der Waals surface area contributed by atoms with Crippen LogP contribution in [-0.4, -0.2) is 17.0 Å². The van der Waals surface area contributed by atoms with Gasteiger partial charge in [-0.1, -0.05) is 20.8 Å². The van der Waals surface area contributed by atoms with Crippen molar-refractivity contribution in [2.24, 2.45) is 34.0 Å². The first-order chi connectivity index (χ1) is 10.3. The van der Waals surface area contributed by atoms with Crippen LogP contribution < -0.4 is 0 Å². The number of hydrogen-bond acceptors (Lipinski definition) is 2. The Morgan fingerprint density at radius 3 is 2.50 bits per heavy atom. The van der Waals surface area contributed by atoms with Crippen molar-refractivity contribution < 1.29 is 9.90 Å². The molecule has 124 valence electrons. The number of Topliss-reactive ketones (excluding diaryl/α,β-unsaturated/α-hetero) is 1. The third kappa shape index (κ3) is 1.74. The normalized spacial score (nSPS) is 57.9. The van der Waals surface area contributed by atoms with Gasteiger partial charge in [0.15, 0.2) is 0 Å². The molecule has 0 bridgehead atoms. The molecule has 0 spiro atoms. The highest BCUT2D eigenvalue weighted by atomic mass is 16.3. The SMILES string of the molecule is C[C@]12CC[C@H]3[C@@H](CC[C@]4(C)CC(=O)CC[C@]34C)[C@@H]1CC[C@@H]2O. The maximum absolute atomic E-state index is 12.1. The number of aliphatic hydroxyl groups is 1. The van der Waals surface area contributed by atoms with Crippen molar-refractivity contribution in [3.63, 3.8) is 0 Å². The summed E-state index contributed by atoms with van der Waals surface area (Å²) in [4.78, 5) is 12.1. The molecule has 1 N–H and O–H groups in total. The minimum Gasteiger partial charge on any atom is -0.393 e. The van der Waals surface area contributed by atoms with E-state index in [1.807, 2.05) is 0 Å². The highest BCUT2D eigenvalue weighted by Crippen LogP contribution is 2.69. The van der Waals surface area contributed by atoms with Crippen LogP contribution in [0.25, 0.3) is 0 Å². The monoisotopic (exact) mass is 304 g/mol. The van der Waals surface area contributed by atoms with Crippen LogP contribution in [0.5, 0.6) is 0 Å². The van der Waals surface area contributed by atoms with Gasteiger partial charge in [0, 0.05) is 12.8 Å². The quantitative estimate of drug-likeness (QED) is 0.722. The third-order valence-electron chi connectivity index (χ3n) is 9.12. The zero-order chi connectivity index (χ0) is 15.8. The second-order valence-electron chi connectivity index (χ2n) is 9.75. The average molecular weight is 304 g/mol. The van der Waals surface area contributed by atoms with Crippen LogP contribution in [0, 0.1) is 34.0 Å². The lowest BCUT2D eigenvalue weighted by molar-refractivity contribution is -0.165. The van der Waals surface area contributed by atoms with Gasteiger partial charge in [0.05, 0.1) is 6.10 Å². The van der Waals surface area contributed by atoms with E-state index < -0.39 is 0 Å². The second-order valence-corrected chi connectivity index (χ2v) is 9.75. The molecule has 4 rings (SSSR count). The molecule has 2 heteroatoms. The Morgan fingerprint density at radius 1 is 0.955 bits per heavy atom. The number of carbonyl (C=O) groups is 1. The number of carbonyl (C=O) groups excluding carboxylic acids is 1. The molecule has 0 radical (unpaired) electrons. The summed E-state index contributed by atoms with van der Waals surface area (Å²) in [5, 5.41) is 10.5. The first kappa shape index (κ1) is 15.2. The van der Waals surface area contributed by atoms with Gasteiger partial charge in [-0.2, -0.15) is 0 Å². The third-order valence-corrected chi connectivity index (χ3v) is 9.12. The summed E-state index contributed by atoms with van der Waals surface area (Å²) in [6.07, 6.45) is 9.87. The molecule has 0 aliphatic heterocycles. The Bertz CT molecular complexity index is 500. The van der Waals surface area contributed by atoms with E-state index in [9.17, 15) is 9.90 Å². The zero-order valence-electron chi connectivity index (χ0n) is 14.5. The largest absolute Gasteiger partial charge is 0.393 e. The maximum Gasteiger partial charge on any atom is 0.133 e. The summed E-state index contributed by atoms with van der Waals surface area (Å²) < 4.78 is 0. The van der Waals surface area contributed by atoms with Crippen molar-refractivity contribution in [2.75, 3.05) is 0 Å². The summed E-state index contributed by atoms with van der Waals surface area (Å²) in [7, 11) is 0. The Balaban J connectivity index is 1.68. The lowest BCUT2D eigenvalue weighted by Gasteiger charge is -2.64. The highest BCUT2D eigenvalue weighted by molar-refractivity contribution is 5.80. The van der Waals surface area contributed by atoms with Gasteiger partial charge in [0.2, 0.25) is 0 Å². The van der Waals surface area contributed by atoms with Crippen LogP contribution in [0.3, 0.4) is 0 Å². The van der Waals surface area contributed by atoms with Crippen LogP contribution in [-0.2, 0) is 4.79 Å². The Kier molecular flexibility index (Phi) is 3.16. The fourth-order valence-corrected chi connectivity index (χ4v) is 7.37. The topological polar surface area (TPSA) is 37.3 Å². The lowest BCUT2D eigenvalue weighted by atomic mass is 9.40. The number of aliphatic hydroxyl groups excluding tert-OH is 1. The molecular weight excluding hydrogens is 272 g/mol. The minimum atomic E-state index is -0.0764. The van der Waals surface area contributed by atoms with Crippen LogP contribution >= 0.6 is 0 Å². The molecule has 2 nitrogen and oxygen atoms in total. The van der Waals surface area contributed by atoms with Gasteiger partial charge < -0.3 is 5.11 Å². The molecule has 0 aromatic rings. The van der Waals surface area contributed by atoms with E-state index >= 15 is 0 Å². The molecule has 0 aromatic heterocycles. The standard InChI is InChI=1S/C20H32O2/c1-18-9-7-14-15-4-5-17(22)19(15,2)10-8-16(14)20(18,3)11-6-13(21)12-18/h14-17,22H,4-12H2,1-3H3/t14-,15-,16-,17-,18+,19-,20+/m0/s1. The van der Waals surface area contributed by atoms with E-state index in [1.54, 1.807) is 0 Å². The molecular formula is C20H32O2. The van der Waals surface area contributed by atoms with Crippen molar-refractivity contribution in [2.45, 2.75) is 84.7 Å². The van der Waals surface area contributed by atoms with E-state index in [1.165, 1.54) is 32.1 Å². The van der Waals surface area contributed by atoms with Crippen molar-refractivity contribution in [3.05, 3.63) is 0 Å². The number of rotatable bonds is 0. The number of ketones is 1. The zero-order valence-corrected chi connectivity index (χ0v) is 14.5. The van der Waals surface area contributed by atoms with E-state index in [2.05, 4.69) is 20.8 Å². The Hall–Kier alpha value is -0.370. The molecule has 0 saturated heterocycles. The predicted molar refractivity (Wildman–Crippen MR) is 87.4 cm³/mol. The molecule has 0 unspecified atom stereocenters. The maximum atomic E-state index is 12.1. The van der Waals surface area contributed by atoms with Crippen LogP contribution in [0.15, 0.2) is 0 Å². The summed E-state index contributed by atoms with van der Waals surface area (Å²) in [5.41, 5.74) is 0.753. The average Bonchev–Trinajstić information content (AvgIpc) is 2.76. The van der Waals surface area contributed by atoms with E-state index in [-0.39, 0.29) is 16.9 Å². The van der Waals surface area contributed by atoms with Gasteiger partial charge >= 0.3 is 0 Å². The van der Waals surface area contributed by atoms with Gasteiger partial charge in [-0.25, -0.2) is 0 Å². The van der Waals surface area contributed by atoms with Gasteiger partial charge in [-0.05, 0) is 78.9 Å². The van der Waals surface area contributed by atoms with Crippen molar-refractivity contribution in [3.8, 4) is 0 Å². The fourth-order valence-electron chi connectivity index (χ4n) is 7.37. The van der Waals surface area contributed by atoms with Gasteiger partial charge in [-0.15, -0.1) is 0 Å². The number of hydrogen-bond donors (Lipinski definition) is 1. The molecule has 22 heavy (non-hydrogen) atoms. The van der Waals surface area contributed by atoms with E-state index in [4.69, 9.17) is 0 Å². The fraction of sp³-hybridized carbons (Fsp3) is 0.950. The van der Waals surface area contributed by atoms with Crippen LogP contribution in [0.1, 0.15) is 78.6 Å². The summed E-state index contributed by atoms with van der Waals surface area (Å²) in [6, 6.07) is 0. The van der Waals surface area contributed by atoms with E-state index in [0.717, 1.165) is 43.4 Å². The highest BCUT2D eigenvalue weighted by Gasteiger charge is 2.63. The van der Waals surface area contributed by atoms with Crippen LogP contribution in [0.4, 0.5) is 0 Å². The van der Waals surface area contributed by atoms with Crippen molar-refractivity contribution >= 4 is 5.78 Å². The van der Waals surface area contributed by atoms with Crippen molar-refractivity contribution in [1.82, 2.24) is 0 Å². The van der Waals surface area contributed by atoms with Crippen LogP contribution in [0.2, 0.25) is 0 Å². The van der Waals surface area contributed by atoms with Crippen molar-refractivity contribution in [1.29, 1.82) is 0 Å². The van der Waals surface area contributed by atoms with Gasteiger partial charge in [0.1, 0.15) is 5.78 Å². The smallest absolute Gasteiger partial charge is 0.133 e. The van der Waals surface area contributed by atoms with Gasteiger partial charge in [-0.3, -0.25) is 4.79 Å². The molecule has 4 aliphatic carbocycles. The predicted octanol–water partition coefficient (Wildman–Crippen LogP) is 4.35. The molecule has 0 aromatic carbocycles. The molecule has 7 atom stereocenters. The molecule has 0 amide bonds. The minimum absolute atomic E-state index is 0.0764. The van der Waals surface area contributed by atoms with Gasteiger partial charge in [0.25, 0.3) is 0 Å². The lowest BCUT2D eigenvalue weighted by Crippen LogP contribution is -2.58. The summed E-state index contributed by atoms with van der Waals surface area (Å²) in [5.74, 6) is 2.79. The Labute approximate surface area is 135 Å². The molecule has 4 fully saturated rings. The first-order valence-electron chi connectivity index (χ1n) is 9.50. The Morgan fingerprint density at radius 2 is 1.73 bits per heavy atom. The number of fused-ring (bicyclic) bond motifs is 5. The summed E-state index contributed by atoms with van der Waals surface area (Å²) in [6.45, 7) is 7.26. The van der Waals surface area contributed by atoms with E-state index in [0.29, 0.717) is 11.2 Å². The molecule has 0 heterocycles. The second kappa shape index (κ2) is 4.59. The molecule has 4 saturated carbocycles. The summed E-state index contributed by atoms with van der Waals surface area (Å²) >= 11 is 0. The first-order valence-corrected chi connectivity index (χ1v) is 9.50.